The van der Waals surface area contributed by atoms with Gasteiger partial charge in [0.25, 0.3) is 5.91 Å². The second-order valence-electron chi connectivity index (χ2n) is 6.14. The van der Waals surface area contributed by atoms with Gasteiger partial charge in [0.2, 0.25) is 0 Å². The topological polar surface area (TPSA) is 123 Å². The number of hydroxylamine groups is 1. The molecule has 9 heteroatoms. The van der Waals surface area contributed by atoms with Crippen molar-refractivity contribution in [2.75, 3.05) is 25.6 Å². The number of rotatable bonds is 7. The van der Waals surface area contributed by atoms with Crippen molar-refractivity contribution in [3.05, 3.63) is 66.5 Å². The number of ether oxygens (including phenoxy) is 2. The zero-order valence-electron chi connectivity index (χ0n) is 16.2. The molecule has 1 aromatic carbocycles. The molecular formula is C21H20N4O5. The minimum atomic E-state index is -0.737. The lowest BCUT2D eigenvalue weighted by atomic mass is 10.0. The highest BCUT2D eigenvalue weighted by molar-refractivity contribution is 5.96. The van der Waals surface area contributed by atoms with Crippen molar-refractivity contribution in [1.29, 1.82) is 0 Å². The first kappa shape index (κ1) is 20.9. The standard InChI is InChI=1S/C21H20N4O5/c1-29-9-10-30-21(27)24-19-12-17(20(26)25-28)11-18(23-19)15-6-4-14(5-7-15)16-3-2-8-22-13-16/h2-8,11-13,28H,9-10H2,1H3,(H,25,26)(H,23,24,27). The van der Waals surface area contributed by atoms with Crippen molar-refractivity contribution >= 4 is 17.8 Å². The van der Waals surface area contributed by atoms with Gasteiger partial charge < -0.3 is 9.47 Å². The number of nitrogens with zero attached hydrogens (tertiary/aromatic N) is 2. The van der Waals surface area contributed by atoms with E-state index in [0.717, 1.165) is 11.1 Å². The number of amides is 2. The van der Waals surface area contributed by atoms with E-state index in [9.17, 15) is 9.59 Å². The van der Waals surface area contributed by atoms with Crippen LogP contribution in [0.3, 0.4) is 0 Å². The highest BCUT2D eigenvalue weighted by Crippen LogP contribution is 2.25. The number of hydrogen-bond acceptors (Lipinski definition) is 7. The van der Waals surface area contributed by atoms with Gasteiger partial charge in [-0.05, 0) is 29.3 Å². The normalized spacial score (nSPS) is 10.3. The van der Waals surface area contributed by atoms with Crippen LogP contribution in [0.1, 0.15) is 10.4 Å². The van der Waals surface area contributed by atoms with Crippen LogP contribution in [0.4, 0.5) is 10.6 Å². The maximum Gasteiger partial charge on any atom is 0.412 e. The lowest BCUT2D eigenvalue weighted by molar-refractivity contribution is 0.0706. The second-order valence-corrected chi connectivity index (χ2v) is 6.14. The summed E-state index contributed by atoms with van der Waals surface area (Å²) in [5.74, 6) is -0.633. The Kier molecular flexibility index (Phi) is 7.04. The Morgan fingerprint density at radius 3 is 2.47 bits per heavy atom. The summed E-state index contributed by atoms with van der Waals surface area (Å²) in [6.07, 6.45) is 2.73. The van der Waals surface area contributed by atoms with Crippen LogP contribution >= 0.6 is 0 Å². The predicted molar refractivity (Wildman–Crippen MR) is 109 cm³/mol. The monoisotopic (exact) mass is 408 g/mol. The van der Waals surface area contributed by atoms with Crippen LogP contribution in [0.5, 0.6) is 0 Å². The zero-order valence-corrected chi connectivity index (χ0v) is 16.2. The van der Waals surface area contributed by atoms with E-state index in [1.807, 2.05) is 36.4 Å². The van der Waals surface area contributed by atoms with Crippen molar-refractivity contribution in [2.45, 2.75) is 0 Å². The van der Waals surface area contributed by atoms with E-state index < -0.39 is 12.0 Å². The van der Waals surface area contributed by atoms with E-state index in [0.29, 0.717) is 11.3 Å². The van der Waals surface area contributed by atoms with Gasteiger partial charge >= 0.3 is 6.09 Å². The van der Waals surface area contributed by atoms with Crippen LogP contribution in [-0.2, 0) is 9.47 Å². The van der Waals surface area contributed by atoms with E-state index in [-0.39, 0.29) is 24.6 Å². The molecule has 0 atom stereocenters. The highest BCUT2D eigenvalue weighted by atomic mass is 16.6. The van der Waals surface area contributed by atoms with Crippen molar-refractivity contribution in [2.24, 2.45) is 0 Å². The number of hydrogen-bond donors (Lipinski definition) is 3. The minimum Gasteiger partial charge on any atom is -0.447 e. The Balaban J connectivity index is 1.87. The maximum atomic E-state index is 11.9. The lowest BCUT2D eigenvalue weighted by Gasteiger charge is -2.10. The molecule has 0 bridgehead atoms. The molecule has 154 valence electrons. The molecule has 9 nitrogen and oxygen atoms in total. The Labute approximate surface area is 172 Å². The van der Waals surface area contributed by atoms with Gasteiger partial charge in [-0.3, -0.25) is 20.3 Å². The van der Waals surface area contributed by atoms with Crippen molar-refractivity contribution < 1.29 is 24.3 Å². The van der Waals surface area contributed by atoms with E-state index >= 15 is 0 Å². The molecule has 30 heavy (non-hydrogen) atoms. The summed E-state index contributed by atoms with van der Waals surface area (Å²) in [6, 6.07) is 14.1. The largest absolute Gasteiger partial charge is 0.447 e. The van der Waals surface area contributed by atoms with Gasteiger partial charge in [-0.15, -0.1) is 0 Å². The van der Waals surface area contributed by atoms with Crippen LogP contribution in [0, 0.1) is 0 Å². The summed E-state index contributed by atoms with van der Waals surface area (Å²) in [5, 5.41) is 11.4. The molecule has 0 saturated carbocycles. The molecule has 2 heterocycles. The third kappa shape index (κ3) is 5.37. The summed E-state index contributed by atoms with van der Waals surface area (Å²) >= 11 is 0. The van der Waals surface area contributed by atoms with Gasteiger partial charge in [0, 0.05) is 30.6 Å². The molecule has 0 spiro atoms. The molecule has 0 saturated heterocycles. The number of carbonyl (C=O) groups is 2. The fraction of sp³-hybridized carbons (Fsp3) is 0.143. The fourth-order valence-electron chi connectivity index (χ4n) is 2.66. The highest BCUT2D eigenvalue weighted by Gasteiger charge is 2.13. The number of methoxy groups -OCH3 is 1. The first-order chi connectivity index (χ1) is 14.6. The molecule has 3 rings (SSSR count). The number of nitrogens with one attached hydrogen (secondary N) is 2. The first-order valence-electron chi connectivity index (χ1n) is 9.01. The van der Waals surface area contributed by atoms with Gasteiger partial charge in [-0.25, -0.2) is 15.3 Å². The third-order valence-electron chi connectivity index (χ3n) is 4.12. The van der Waals surface area contributed by atoms with Crippen LogP contribution in [0.2, 0.25) is 0 Å². The molecule has 0 unspecified atom stereocenters. The molecule has 0 aliphatic carbocycles. The summed E-state index contributed by atoms with van der Waals surface area (Å²) < 4.78 is 9.77. The van der Waals surface area contributed by atoms with Crippen LogP contribution < -0.4 is 10.8 Å². The number of pyridine rings is 2. The quantitative estimate of drug-likeness (QED) is 0.312. The van der Waals surface area contributed by atoms with E-state index in [1.165, 1.54) is 19.2 Å². The lowest BCUT2D eigenvalue weighted by Crippen LogP contribution is -2.21. The number of benzene rings is 1. The van der Waals surface area contributed by atoms with Crippen molar-refractivity contribution in [1.82, 2.24) is 15.4 Å². The Morgan fingerprint density at radius 1 is 1.03 bits per heavy atom. The van der Waals surface area contributed by atoms with Gasteiger partial charge in [0.1, 0.15) is 12.4 Å². The van der Waals surface area contributed by atoms with E-state index in [1.54, 1.807) is 17.9 Å². The zero-order chi connectivity index (χ0) is 21.3. The fourth-order valence-corrected chi connectivity index (χ4v) is 2.66. The third-order valence-corrected chi connectivity index (χ3v) is 4.12. The van der Waals surface area contributed by atoms with Gasteiger partial charge in [0.05, 0.1) is 12.3 Å². The molecule has 0 radical (unpaired) electrons. The van der Waals surface area contributed by atoms with E-state index in [2.05, 4.69) is 15.3 Å². The smallest absolute Gasteiger partial charge is 0.412 e. The summed E-state index contributed by atoms with van der Waals surface area (Å²) in [4.78, 5) is 32.3. The van der Waals surface area contributed by atoms with Crippen LogP contribution in [0.25, 0.3) is 22.4 Å². The molecule has 0 aliphatic rings. The molecule has 0 aliphatic heterocycles. The molecule has 3 N–H and O–H groups in total. The molecule has 2 amide bonds. The molecule has 0 fully saturated rings. The summed E-state index contributed by atoms with van der Waals surface area (Å²) in [7, 11) is 1.49. The molecule has 3 aromatic rings. The van der Waals surface area contributed by atoms with Gasteiger partial charge in [-0.1, -0.05) is 30.3 Å². The van der Waals surface area contributed by atoms with Gasteiger partial charge in [0.15, 0.2) is 0 Å². The van der Waals surface area contributed by atoms with Crippen molar-refractivity contribution in [3.8, 4) is 22.4 Å². The SMILES string of the molecule is COCCOC(=O)Nc1cc(C(=O)NO)cc(-c2ccc(-c3cccnc3)cc2)n1. The molecule has 2 aromatic heterocycles. The predicted octanol–water partition coefficient (Wildman–Crippen LogP) is 3.12. The number of aromatic nitrogens is 2. The first-order valence-corrected chi connectivity index (χ1v) is 9.01. The Bertz CT molecular complexity index is 1010. The summed E-state index contributed by atoms with van der Waals surface area (Å²) in [6.45, 7) is 0.324. The Hall–Kier alpha value is -3.82. The molecular weight excluding hydrogens is 388 g/mol. The maximum absolute atomic E-state index is 11.9. The van der Waals surface area contributed by atoms with Crippen LogP contribution in [0.15, 0.2) is 60.9 Å². The van der Waals surface area contributed by atoms with E-state index in [4.69, 9.17) is 14.7 Å². The average molecular weight is 408 g/mol. The van der Waals surface area contributed by atoms with Crippen LogP contribution in [-0.4, -0.2) is 47.5 Å². The van der Waals surface area contributed by atoms with Crippen molar-refractivity contribution in [3.63, 3.8) is 0 Å². The van der Waals surface area contributed by atoms with Gasteiger partial charge in [-0.2, -0.15) is 0 Å². The number of carbonyl (C=O) groups excluding carboxylic acids is 2. The second kappa shape index (κ2) is 10.1. The number of anilines is 1. The minimum absolute atomic E-state index is 0.0712. The summed E-state index contributed by atoms with van der Waals surface area (Å²) in [5.41, 5.74) is 4.77. The Morgan fingerprint density at radius 2 is 1.80 bits per heavy atom. The average Bonchev–Trinajstić information content (AvgIpc) is 2.79.